The minimum absolute atomic E-state index is 0.0806. The number of piperazine rings is 1. The number of anilines is 1. The number of nitrogens with one attached hydrogen (secondary N) is 1. The molecule has 5 rings (SSSR count). The average molecular weight is 471 g/mol. The van der Waals surface area contributed by atoms with E-state index in [2.05, 4.69) is 25.8 Å². The molecule has 1 N–H and O–H groups in total. The number of nitrogens with zero attached hydrogens (tertiary/aromatic N) is 5. The molecule has 2 saturated heterocycles. The smallest absolute Gasteiger partial charge is 0.220 e. The van der Waals surface area contributed by atoms with Crippen LogP contribution in [0.15, 0.2) is 30.0 Å². The number of amides is 1. The first-order valence-electron chi connectivity index (χ1n) is 10.8. The van der Waals surface area contributed by atoms with Crippen molar-refractivity contribution in [2.45, 2.75) is 19.4 Å². The van der Waals surface area contributed by atoms with E-state index in [4.69, 9.17) is 14.7 Å². The Kier molecular flexibility index (Phi) is 6.16. The number of fused-ring (bicyclic) bond motifs is 1. The normalized spacial score (nSPS) is 20.5. The molecule has 0 bridgehead atoms. The Morgan fingerprint density at radius 3 is 2.72 bits per heavy atom. The zero-order valence-electron chi connectivity index (χ0n) is 18.2. The molecule has 0 aliphatic carbocycles. The van der Waals surface area contributed by atoms with Crippen LogP contribution in [0.3, 0.4) is 0 Å². The van der Waals surface area contributed by atoms with Crippen LogP contribution in [0, 0.1) is 5.92 Å². The molecule has 2 aliphatic heterocycles. The second-order valence-electron chi connectivity index (χ2n) is 8.12. The molecular weight excluding hydrogens is 444 g/mol. The standard InChI is InChI=1S/C22H26N6O2S2/c1-14(16-9-21(29)25-10-16)30-19-8-15(7-17-22(19)32-13-26-17)18-11-24-20(12-23-18)27-3-5-28(31-2)6-4-27/h7-8,11-14,16H,3-6,9-10H2,1-2H3,(H,25,29)/t14-,16-/m1/s1. The second-order valence-corrected chi connectivity index (χ2v) is 9.86. The quantitative estimate of drug-likeness (QED) is 0.551. The highest BCUT2D eigenvalue weighted by atomic mass is 32.2. The van der Waals surface area contributed by atoms with Gasteiger partial charge in [-0.15, -0.1) is 11.3 Å². The van der Waals surface area contributed by atoms with E-state index in [1.165, 1.54) is 0 Å². The Hall–Kier alpha value is -2.43. The van der Waals surface area contributed by atoms with Crippen LogP contribution in [0.1, 0.15) is 13.3 Å². The van der Waals surface area contributed by atoms with Crippen LogP contribution in [0.5, 0.6) is 5.75 Å². The average Bonchev–Trinajstić information content (AvgIpc) is 3.48. The van der Waals surface area contributed by atoms with Crippen LogP contribution in [-0.4, -0.2) is 70.2 Å². The molecule has 1 aromatic carbocycles. The monoisotopic (exact) mass is 470 g/mol. The number of aromatic nitrogens is 3. The van der Waals surface area contributed by atoms with E-state index in [0.717, 1.165) is 59.2 Å². The van der Waals surface area contributed by atoms with Crippen molar-refractivity contribution in [3.63, 3.8) is 0 Å². The van der Waals surface area contributed by atoms with Crippen LogP contribution in [-0.2, 0) is 4.79 Å². The summed E-state index contributed by atoms with van der Waals surface area (Å²) in [7, 11) is 0. The zero-order chi connectivity index (χ0) is 22.1. The van der Waals surface area contributed by atoms with Crippen LogP contribution >= 0.6 is 23.3 Å². The molecule has 0 unspecified atom stereocenters. The van der Waals surface area contributed by atoms with Crippen molar-refractivity contribution < 1.29 is 9.53 Å². The van der Waals surface area contributed by atoms with Gasteiger partial charge in [-0.25, -0.2) is 14.3 Å². The summed E-state index contributed by atoms with van der Waals surface area (Å²) in [5, 5.41) is 2.89. The lowest BCUT2D eigenvalue weighted by molar-refractivity contribution is -0.119. The van der Waals surface area contributed by atoms with E-state index >= 15 is 0 Å². The Balaban J connectivity index is 1.37. The molecule has 0 radical (unpaired) electrons. The molecule has 10 heteroatoms. The lowest BCUT2D eigenvalue weighted by Gasteiger charge is -2.33. The van der Waals surface area contributed by atoms with Crippen molar-refractivity contribution >= 4 is 45.2 Å². The third-order valence-electron chi connectivity index (χ3n) is 6.14. The molecule has 4 heterocycles. The van der Waals surface area contributed by atoms with E-state index in [1.807, 2.05) is 37.0 Å². The van der Waals surface area contributed by atoms with Gasteiger partial charge >= 0.3 is 0 Å². The first-order chi connectivity index (χ1) is 15.6. The fourth-order valence-corrected chi connectivity index (χ4v) is 5.42. The van der Waals surface area contributed by atoms with Crippen LogP contribution in [0.25, 0.3) is 21.5 Å². The highest BCUT2D eigenvalue weighted by Crippen LogP contribution is 2.35. The van der Waals surface area contributed by atoms with Gasteiger partial charge in [0.15, 0.2) is 0 Å². The third-order valence-corrected chi connectivity index (χ3v) is 7.88. The minimum atomic E-state index is -0.0806. The molecule has 8 nitrogen and oxygen atoms in total. The number of carbonyl (C=O) groups excluding carboxylic acids is 1. The summed E-state index contributed by atoms with van der Waals surface area (Å²) < 4.78 is 9.71. The molecule has 168 valence electrons. The maximum atomic E-state index is 11.6. The van der Waals surface area contributed by atoms with Gasteiger partial charge in [-0.3, -0.25) is 9.78 Å². The van der Waals surface area contributed by atoms with Crippen molar-refractivity contribution in [1.82, 2.24) is 24.6 Å². The number of benzene rings is 1. The number of rotatable bonds is 6. The summed E-state index contributed by atoms with van der Waals surface area (Å²) in [6.07, 6.45) is 6.23. The van der Waals surface area contributed by atoms with Crippen molar-refractivity contribution in [3.05, 3.63) is 30.0 Å². The van der Waals surface area contributed by atoms with Gasteiger partial charge in [0.1, 0.15) is 17.7 Å². The van der Waals surface area contributed by atoms with E-state index in [0.29, 0.717) is 13.0 Å². The summed E-state index contributed by atoms with van der Waals surface area (Å²) in [5.74, 6) is 1.95. The summed E-state index contributed by atoms with van der Waals surface area (Å²) in [6, 6.07) is 4.05. The molecule has 0 saturated carbocycles. The summed E-state index contributed by atoms with van der Waals surface area (Å²) >= 11 is 3.35. The maximum Gasteiger partial charge on any atom is 0.220 e. The number of carbonyl (C=O) groups is 1. The Bertz CT molecular complexity index is 1100. The van der Waals surface area contributed by atoms with Crippen LogP contribution < -0.4 is 15.0 Å². The number of hydrogen-bond donors (Lipinski definition) is 1. The predicted octanol–water partition coefficient (Wildman–Crippen LogP) is 3.06. The molecular formula is C22H26N6O2S2. The fourth-order valence-electron chi connectivity index (χ4n) is 4.16. The highest BCUT2D eigenvalue weighted by molar-refractivity contribution is 7.96. The summed E-state index contributed by atoms with van der Waals surface area (Å²) in [4.78, 5) is 27.8. The largest absolute Gasteiger partial charge is 0.489 e. The van der Waals surface area contributed by atoms with Crippen molar-refractivity contribution in [2.24, 2.45) is 5.92 Å². The van der Waals surface area contributed by atoms with Crippen molar-refractivity contribution in [2.75, 3.05) is 43.9 Å². The number of thiazole rings is 1. The predicted molar refractivity (Wildman–Crippen MR) is 129 cm³/mol. The lowest BCUT2D eigenvalue weighted by atomic mass is 10.0. The fraction of sp³-hybridized carbons (Fsp3) is 0.455. The summed E-state index contributed by atoms with van der Waals surface area (Å²) in [5.41, 5.74) is 4.43. The number of hydrogen-bond acceptors (Lipinski definition) is 9. The van der Waals surface area contributed by atoms with E-state index in [-0.39, 0.29) is 17.9 Å². The first kappa shape index (κ1) is 21.4. The van der Waals surface area contributed by atoms with Gasteiger partial charge in [-0.2, -0.15) is 0 Å². The third kappa shape index (κ3) is 4.39. The molecule has 32 heavy (non-hydrogen) atoms. The summed E-state index contributed by atoms with van der Waals surface area (Å²) in [6.45, 7) is 6.62. The van der Waals surface area contributed by atoms with E-state index in [9.17, 15) is 4.79 Å². The number of ether oxygens (including phenoxy) is 1. The maximum absolute atomic E-state index is 11.6. The van der Waals surface area contributed by atoms with E-state index < -0.39 is 0 Å². The molecule has 2 aromatic heterocycles. The topological polar surface area (TPSA) is 83.5 Å². The van der Waals surface area contributed by atoms with Crippen molar-refractivity contribution in [1.29, 1.82) is 0 Å². The van der Waals surface area contributed by atoms with Gasteiger partial charge in [0.25, 0.3) is 0 Å². The molecule has 2 aliphatic rings. The lowest BCUT2D eigenvalue weighted by Crippen LogP contribution is -2.43. The van der Waals surface area contributed by atoms with Crippen LogP contribution in [0.2, 0.25) is 0 Å². The Labute approximate surface area is 195 Å². The molecule has 1 amide bonds. The SMILES string of the molecule is CSN1CCN(c2cnc(-c3cc(O[C@H](C)[C@H]4CNC(=O)C4)c4scnc4c3)cn2)CC1. The molecule has 3 aromatic rings. The van der Waals surface area contributed by atoms with Gasteiger partial charge in [0.2, 0.25) is 5.91 Å². The Morgan fingerprint density at radius 2 is 2.03 bits per heavy atom. The van der Waals surface area contributed by atoms with Gasteiger partial charge in [0, 0.05) is 50.6 Å². The van der Waals surface area contributed by atoms with Gasteiger partial charge in [-0.05, 0) is 25.3 Å². The second kappa shape index (κ2) is 9.21. The van der Waals surface area contributed by atoms with Crippen LogP contribution in [0.4, 0.5) is 5.82 Å². The zero-order valence-corrected chi connectivity index (χ0v) is 19.8. The van der Waals surface area contributed by atoms with E-state index in [1.54, 1.807) is 23.3 Å². The Morgan fingerprint density at radius 1 is 1.19 bits per heavy atom. The molecule has 0 spiro atoms. The van der Waals surface area contributed by atoms with Gasteiger partial charge < -0.3 is 15.0 Å². The molecule has 2 atom stereocenters. The first-order valence-corrected chi connectivity index (χ1v) is 12.8. The molecule has 2 fully saturated rings. The minimum Gasteiger partial charge on any atom is -0.489 e. The van der Waals surface area contributed by atoms with Crippen molar-refractivity contribution in [3.8, 4) is 17.0 Å². The van der Waals surface area contributed by atoms with Gasteiger partial charge in [0.05, 0.1) is 33.8 Å². The van der Waals surface area contributed by atoms with Gasteiger partial charge in [-0.1, -0.05) is 11.9 Å². The highest BCUT2D eigenvalue weighted by Gasteiger charge is 2.28.